The van der Waals surface area contributed by atoms with Gasteiger partial charge in [0.15, 0.2) is 0 Å². The van der Waals surface area contributed by atoms with Crippen LogP contribution in [0.2, 0.25) is 0 Å². The number of aliphatic carboxylic acids is 1. The summed E-state index contributed by atoms with van der Waals surface area (Å²) >= 11 is 1.56. The van der Waals surface area contributed by atoms with Crippen molar-refractivity contribution in [3.63, 3.8) is 0 Å². The van der Waals surface area contributed by atoms with Gasteiger partial charge in [-0.15, -0.1) is 0 Å². The molecule has 1 atom stereocenters. The maximum absolute atomic E-state index is 10.5. The van der Waals surface area contributed by atoms with E-state index in [2.05, 4.69) is 0 Å². The van der Waals surface area contributed by atoms with E-state index in [1.54, 1.807) is 11.8 Å². The topological polar surface area (TPSA) is 63.3 Å². The van der Waals surface area contributed by atoms with Crippen molar-refractivity contribution in [3.8, 4) is 0 Å². The summed E-state index contributed by atoms with van der Waals surface area (Å²) in [6, 6.07) is -0.785. The highest BCUT2D eigenvalue weighted by molar-refractivity contribution is 8.00. The van der Waals surface area contributed by atoms with Gasteiger partial charge in [-0.1, -0.05) is 6.92 Å². The Bertz CT molecular complexity index is 147. The van der Waals surface area contributed by atoms with Crippen LogP contribution in [0.25, 0.3) is 0 Å². The van der Waals surface area contributed by atoms with Crippen LogP contribution in [-0.2, 0) is 4.79 Å². The number of nitrogens with two attached hydrogens (primary N) is 1. The van der Waals surface area contributed by atoms with Gasteiger partial charge in [-0.25, -0.2) is 0 Å². The normalized spacial score (nSPS) is 14.5. The third-order valence-electron chi connectivity index (χ3n) is 1.53. The van der Waals surface area contributed by atoms with E-state index in [1.807, 2.05) is 20.8 Å². The molecule has 66 valence electrons. The molecule has 0 heterocycles. The molecule has 0 aliphatic carbocycles. The van der Waals surface area contributed by atoms with Crippen LogP contribution in [0.1, 0.15) is 20.8 Å². The van der Waals surface area contributed by atoms with Gasteiger partial charge in [-0.3, -0.25) is 4.79 Å². The first-order chi connectivity index (χ1) is 4.91. The van der Waals surface area contributed by atoms with Gasteiger partial charge in [0.1, 0.15) is 6.04 Å². The van der Waals surface area contributed by atoms with Crippen LogP contribution < -0.4 is 5.73 Å². The van der Waals surface area contributed by atoms with Crippen LogP contribution in [0.4, 0.5) is 0 Å². The van der Waals surface area contributed by atoms with E-state index < -0.39 is 12.0 Å². The van der Waals surface area contributed by atoms with Gasteiger partial charge < -0.3 is 10.8 Å². The first kappa shape index (κ1) is 10.8. The van der Waals surface area contributed by atoms with Crippen molar-refractivity contribution in [1.82, 2.24) is 0 Å². The molecule has 0 aliphatic rings. The molecular weight excluding hydrogens is 162 g/mol. The molecule has 4 heteroatoms. The third kappa shape index (κ3) is 3.12. The molecule has 3 N–H and O–H groups in total. The maximum atomic E-state index is 10.5. The Balaban J connectivity index is 4.16. The lowest BCUT2D eigenvalue weighted by Gasteiger charge is -2.27. The molecule has 0 amide bonds. The first-order valence-corrected chi connectivity index (χ1v) is 4.52. The Morgan fingerprint density at radius 2 is 2.18 bits per heavy atom. The monoisotopic (exact) mass is 177 g/mol. The predicted octanol–water partition coefficient (Wildman–Crippen LogP) is 0.930. The lowest BCUT2D eigenvalue weighted by Crippen LogP contribution is -2.46. The van der Waals surface area contributed by atoms with Gasteiger partial charge in [-0.05, 0) is 19.6 Å². The fraction of sp³-hybridized carbons (Fsp3) is 0.857. The molecular formula is C7H15NO2S. The van der Waals surface area contributed by atoms with E-state index in [4.69, 9.17) is 10.8 Å². The van der Waals surface area contributed by atoms with Crippen molar-refractivity contribution in [2.45, 2.75) is 31.6 Å². The summed E-state index contributed by atoms with van der Waals surface area (Å²) in [7, 11) is 0. The van der Waals surface area contributed by atoms with Gasteiger partial charge in [0, 0.05) is 4.75 Å². The van der Waals surface area contributed by atoms with Crippen LogP contribution in [0.5, 0.6) is 0 Å². The predicted molar refractivity (Wildman–Crippen MR) is 47.8 cm³/mol. The quantitative estimate of drug-likeness (QED) is 0.670. The molecule has 0 bridgehead atoms. The summed E-state index contributed by atoms with van der Waals surface area (Å²) in [5, 5.41) is 8.61. The molecule has 0 radical (unpaired) electrons. The van der Waals surface area contributed by atoms with Crippen molar-refractivity contribution < 1.29 is 9.90 Å². The highest BCUT2D eigenvalue weighted by atomic mass is 32.2. The van der Waals surface area contributed by atoms with Crippen LogP contribution in [0.15, 0.2) is 0 Å². The van der Waals surface area contributed by atoms with E-state index in [0.29, 0.717) is 0 Å². The van der Waals surface area contributed by atoms with Crippen molar-refractivity contribution in [3.05, 3.63) is 0 Å². The summed E-state index contributed by atoms with van der Waals surface area (Å²) in [5.41, 5.74) is 5.46. The zero-order valence-corrected chi connectivity index (χ0v) is 7.94. The minimum atomic E-state index is -0.934. The Kier molecular flexibility index (Phi) is 3.89. The van der Waals surface area contributed by atoms with Crippen LogP contribution in [-0.4, -0.2) is 27.6 Å². The van der Waals surface area contributed by atoms with Crippen molar-refractivity contribution in [2.24, 2.45) is 5.73 Å². The summed E-state index contributed by atoms with van der Waals surface area (Å²) in [6.07, 6.45) is 0. The largest absolute Gasteiger partial charge is 0.480 e. The van der Waals surface area contributed by atoms with Gasteiger partial charge in [0.05, 0.1) is 0 Å². The van der Waals surface area contributed by atoms with Crippen molar-refractivity contribution in [1.29, 1.82) is 0 Å². The second-order valence-electron chi connectivity index (χ2n) is 2.85. The number of hydrogen-bond donors (Lipinski definition) is 2. The van der Waals surface area contributed by atoms with E-state index in [1.165, 1.54) is 0 Å². The molecule has 0 spiro atoms. The summed E-state index contributed by atoms with van der Waals surface area (Å²) in [5.74, 6) is -0.0514. The zero-order valence-electron chi connectivity index (χ0n) is 7.13. The fourth-order valence-electron chi connectivity index (χ4n) is 0.759. The van der Waals surface area contributed by atoms with E-state index in [0.717, 1.165) is 5.75 Å². The third-order valence-corrected chi connectivity index (χ3v) is 2.82. The molecule has 0 aromatic carbocycles. The second kappa shape index (κ2) is 3.97. The average Bonchev–Trinajstić information content (AvgIpc) is 1.86. The van der Waals surface area contributed by atoms with Gasteiger partial charge in [0.25, 0.3) is 0 Å². The highest BCUT2D eigenvalue weighted by Crippen LogP contribution is 2.26. The van der Waals surface area contributed by atoms with Crippen LogP contribution >= 0.6 is 11.8 Å². The van der Waals surface area contributed by atoms with Gasteiger partial charge >= 0.3 is 5.97 Å². The van der Waals surface area contributed by atoms with E-state index in [9.17, 15) is 4.79 Å². The lowest BCUT2D eigenvalue weighted by molar-refractivity contribution is -0.139. The number of rotatable bonds is 4. The van der Waals surface area contributed by atoms with Crippen LogP contribution in [0.3, 0.4) is 0 Å². The Hall–Kier alpha value is -0.220. The number of carboxylic acids is 1. The molecule has 0 aromatic heterocycles. The lowest BCUT2D eigenvalue weighted by atomic mass is 10.1. The summed E-state index contributed by atoms with van der Waals surface area (Å²) in [6.45, 7) is 5.68. The minimum Gasteiger partial charge on any atom is -0.480 e. The minimum absolute atomic E-state index is 0.374. The zero-order chi connectivity index (χ0) is 9.07. The molecule has 0 saturated carbocycles. The molecule has 0 unspecified atom stereocenters. The summed E-state index contributed by atoms with van der Waals surface area (Å²) in [4.78, 5) is 10.5. The first-order valence-electron chi connectivity index (χ1n) is 3.54. The highest BCUT2D eigenvalue weighted by Gasteiger charge is 2.31. The van der Waals surface area contributed by atoms with Gasteiger partial charge in [0.2, 0.25) is 0 Å². The van der Waals surface area contributed by atoms with Gasteiger partial charge in [-0.2, -0.15) is 11.8 Å². The number of carbonyl (C=O) groups is 1. The fourth-order valence-corrected chi connectivity index (χ4v) is 1.78. The SMILES string of the molecule is CCSC(C)(C)[C@H](N)C(=O)O. The molecule has 3 nitrogen and oxygen atoms in total. The summed E-state index contributed by atoms with van der Waals surface area (Å²) < 4.78 is -0.374. The standard InChI is InChI=1S/C7H15NO2S/c1-4-11-7(2,3)5(8)6(9)10/h5H,4,8H2,1-3H3,(H,9,10)/t5-/m1/s1. The number of carboxylic acid groups (broad SMARTS) is 1. The molecule has 0 aromatic rings. The van der Waals surface area contributed by atoms with Crippen molar-refractivity contribution >= 4 is 17.7 Å². The molecule has 0 fully saturated rings. The molecule has 0 saturated heterocycles. The number of thioether (sulfide) groups is 1. The molecule has 0 rings (SSSR count). The van der Waals surface area contributed by atoms with Crippen molar-refractivity contribution in [2.75, 3.05) is 5.75 Å². The average molecular weight is 177 g/mol. The van der Waals surface area contributed by atoms with E-state index in [-0.39, 0.29) is 4.75 Å². The molecule has 0 aliphatic heterocycles. The Morgan fingerprint density at radius 3 is 2.45 bits per heavy atom. The second-order valence-corrected chi connectivity index (χ2v) is 4.77. The smallest absolute Gasteiger partial charge is 0.321 e. The number of hydrogen-bond acceptors (Lipinski definition) is 3. The van der Waals surface area contributed by atoms with E-state index >= 15 is 0 Å². The Morgan fingerprint density at radius 1 is 1.73 bits per heavy atom. The maximum Gasteiger partial charge on any atom is 0.321 e. The molecule has 11 heavy (non-hydrogen) atoms. The Labute approximate surface area is 71.3 Å². The van der Waals surface area contributed by atoms with Crippen LogP contribution in [0, 0.1) is 0 Å².